The number of fused-ring (bicyclic) bond motifs is 1. The van der Waals surface area contributed by atoms with Crippen molar-refractivity contribution in [3.63, 3.8) is 0 Å². The minimum absolute atomic E-state index is 0.105. The largest absolute Gasteiger partial charge is 0.411 e. The molecule has 4 nitrogen and oxygen atoms in total. The van der Waals surface area contributed by atoms with Crippen molar-refractivity contribution >= 4 is 27.0 Å². The highest BCUT2D eigenvalue weighted by atomic mass is 79.9. The number of aryl methyl sites for hydroxylation is 2. The molecule has 0 saturated heterocycles. The zero-order chi connectivity index (χ0) is 15.8. The molecule has 0 spiro atoms. The third kappa shape index (κ3) is 3.49. The SMILES string of the molecule is Cn1c(=O)n(C)c2cc(C(Br)COCC(F)(F)F)ccc21. The summed E-state index contributed by atoms with van der Waals surface area (Å²) in [6.07, 6.45) is -4.33. The fourth-order valence-corrected chi connectivity index (χ4v) is 2.56. The maximum Gasteiger partial charge on any atom is 0.411 e. The molecule has 1 aromatic carbocycles. The normalized spacial score (nSPS) is 13.8. The van der Waals surface area contributed by atoms with Gasteiger partial charge in [0.1, 0.15) is 6.61 Å². The monoisotopic (exact) mass is 366 g/mol. The van der Waals surface area contributed by atoms with E-state index >= 15 is 0 Å². The molecule has 2 rings (SSSR count). The Bertz CT molecular complexity index is 706. The van der Waals surface area contributed by atoms with Crippen molar-refractivity contribution < 1.29 is 17.9 Å². The van der Waals surface area contributed by atoms with E-state index in [1.807, 2.05) is 0 Å². The highest BCUT2D eigenvalue weighted by Crippen LogP contribution is 2.27. The second-order valence-electron chi connectivity index (χ2n) is 4.75. The molecule has 0 aliphatic rings. The van der Waals surface area contributed by atoms with Gasteiger partial charge in [-0.25, -0.2) is 4.79 Å². The van der Waals surface area contributed by atoms with Crippen molar-refractivity contribution in [1.82, 2.24) is 9.13 Å². The number of imidazole rings is 1. The molecule has 0 fully saturated rings. The summed E-state index contributed by atoms with van der Waals surface area (Å²) < 4.78 is 43.8. The summed E-state index contributed by atoms with van der Waals surface area (Å²) >= 11 is 3.30. The van der Waals surface area contributed by atoms with E-state index in [1.165, 1.54) is 9.13 Å². The summed E-state index contributed by atoms with van der Waals surface area (Å²) in [4.78, 5) is 11.4. The van der Waals surface area contributed by atoms with Crippen LogP contribution in [-0.4, -0.2) is 28.5 Å². The number of benzene rings is 1. The van der Waals surface area contributed by atoms with E-state index in [-0.39, 0.29) is 17.1 Å². The first kappa shape index (κ1) is 16.1. The number of halogens is 4. The summed E-state index contributed by atoms with van der Waals surface area (Å²) in [7, 11) is 3.32. The quantitative estimate of drug-likeness (QED) is 0.780. The van der Waals surface area contributed by atoms with Crippen LogP contribution >= 0.6 is 15.9 Å². The average Bonchev–Trinajstić information content (AvgIpc) is 2.62. The van der Waals surface area contributed by atoms with Gasteiger partial charge in [-0.2, -0.15) is 13.2 Å². The molecule has 1 heterocycles. The van der Waals surface area contributed by atoms with Crippen LogP contribution in [0.25, 0.3) is 11.0 Å². The maximum absolute atomic E-state index is 12.0. The second-order valence-corrected chi connectivity index (χ2v) is 5.85. The van der Waals surface area contributed by atoms with E-state index < -0.39 is 12.8 Å². The lowest BCUT2D eigenvalue weighted by molar-refractivity contribution is -0.173. The minimum Gasteiger partial charge on any atom is -0.371 e. The molecular weight excluding hydrogens is 353 g/mol. The van der Waals surface area contributed by atoms with E-state index in [0.717, 1.165) is 16.6 Å². The lowest BCUT2D eigenvalue weighted by Gasteiger charge is -2.13. The fraction of sp³-hybridized carbons (Fsp3) is 0.462. The Balaban J connectivity index is 2.19. The Morgan fingerprint density at radius 1 is 1.24 bits per heavy atom. The fourth-order valence-electron chi connectivity index (χ4n) is 2.09. The molecular formula is C13H14BrF3N2O2. The topological polar surface area (TPSA) is 36.2 Å². The molecule has 21 heavy (non-hydrogen) atoms. The van der Waals surface area contributed by atoms with Crippen molar-refractivity contribution in [2.24, 2.45) is 14.1 Å². The predicted molar refractivity (Wildman–Crippen MR) is 76.7 cm³/mol. The predicted octanol–water partition coefficient (Wildman–Crippen LogP) is 2.89. The van der Waals surface area contributed by atoms with Crippen molar-refractivity contribution in [2.45, 2.75) is 11.0 Å². The molecule has 1 atom stereocenters. The van der Waals surface area contributed by atoms with Gasteiger partial charge in [-0.15, -0.1) is 0 Å². The van der Waals surface area contributed by atoms with Gasteiger partial charge in [-0.3, -0.25) is 9.13 Å². The van der Waals surface area contributed by atoms with Crippen molar-refractivity contribution in [2.75, 3.05) is 13.2 Å². The first-order valence-corrected chi connectivity index (χ1v) is 7.06. The summed E-state index contributed by atoms with van der Waals surface area (Å²) in [5.41, 5.74) is 2.09. The molecule has 0 aliphatic carbocycles. The molecule has 0 aliphatic heterocycles. The second kappa shape index (κ2) is 5.84. The maximum atomic E-state index is 12.0. The summed E-state index contributed by atoms with van der Waals surface area (Å²) in [5.74, 6) is 0. The Labute approximate surface area is 127 Å². The van der Waals surface area contributed by atoms with Crippen LogP contribution in [0.5, 0.6) is 0 Å². The molecule has 1 unspecified atom stereocenters. The van der Waals surface area contributed by atoms with Gasteiger partial charge in [0, 0.05) is 14.1 Å². The first-order valence-electron chi connectivity index (χ1n) is 6.14. The Hall–Kier alpha value is -1.28. The zero-order valence-corrected chi connectivity index (χ0v) is 13.0. The van der Waals surface area contributed by atoms with Crippen molar-refractivity contribution in [3.05, 3.63) is 34.2 Å². The van der Waals surface area contributed by atoms with Gasteiger partial charge in [0.15, 0.2) is 0 Å². The molecule has 0 bridgehead atoms. The van der Waals surface area contributed by atoms with Crippen LogP contribution in [0.15, 0.2) is 23.0 Å². The van der Waals surface area contributed by atoms with E-state index in [1.54, 1.807) is 32.3 Å². The summed E-state index contributed by atoms with van der Waals surface area (Å²) in [6.45, 7) is -1.38. The van der Waals surface area contributed by atoms with Gasteiger partial charge in [-0.05, 0) is 17.7 Å². The van der Waals surface area contributed by atoms with Crippen LogP contribution in [0.3, 0.4) is 0 Å². The molecule has 8 heteroatoms. The number of aromatic nitrogens is 2. The zero-order valence-electron chi connectivity index (χ0n) is 11.4. The number of rotatable bonds is 4. The van der Waals surface area contributed by atoms with Crippen LogP contribution < -0.4 is 5.69 Å². The Kier molecular flexibility index (Phi) is 4.48. The molecule has 1 aromatic heterocycles. The van der Waals surface area contributed by atoms with Gasteiger partial charge in [0.2, 0.25) is 0 Å². The highest BCUT2D eigenvalue weighted by Gasteiger charge is 2.27. The lowest BCUT2D eigenvalue weighted by Crippen LogP contribution is -2.19. The third-order valence-corrected chi connectivity index (χ3v) is 3.98. The van der Waals surface area contributed by atoms with Gasteiger partial charge in [0.05, 0.1) is 22.5 Å². The van der Waals surface area contributed by atoms with Crippen LogP contribution in [0, 0.1) is 0 Å². The molecule has 0 N–H and O–H groups in total. The van der Waals surface area contributed by atoms with Gasteiger partial charge in [-0.1, -0.05) is 22.0 Å². The minimum atomic E-state index is -4.33. The molecule has 116 valence electrons. The van der Waals surface area contributed by atoms with Crippen LogP contribution in [-0.2, 0) is 18.8 Å². The average molecular weight is 367 g/mol. The van der Waals surface area contributed by atoms with Gasteiger partial charge in [0.25, 0.3) is 0 Å². The molecule has 0 saturated carbocycles. The number of ether oxygens (including phenoxy) is 1. The van der Waals surface area contributed by atoms with Crippen LogP contribution in [0.1, 0.15) is 10.4 Å². The molecule has 0 amide bonds. The summed E-state index contributed by atoms with van der Waals surface area (Å²) in [6, 6.07) is 5.30. The van der Waals surface area contributed by atoms with E-state index in [0.29, 0.717) is 0 Å². The van der Waals surface area contributed by atoms with Crippen LogP contribution in [0.2, 0.25) is 0 Å². The number of nitrogens with zero attached hydrogens (tertiary/aromatic N) is 2. The standard InChI is InChI=1S/C13H14BrF3N2O2/c1-18-10-4-3-8(5-11(10)19(2)12(18)20)9(14)6-21-7-13(15,16)17/h3-5,9H,6-7H2,1-2H3. The van der Waals surface area contributed by atoms with Crippen molar-refractivity contribution in [3.8, 4) is 0 Å². The van der Waals surface area contributed by atoms with E-state index in [9.17, 15) is 18.0 Å². The highest BCUT2D eigenvalue weighted by molar-refractivity contribution is 9.09. The summed E-state index contributed by atoms with van der Waals surface area (Å²) in [5, 5.41) is 0. The van der Waals surface area contributed by atoms with Crippen molar-refractivity contribution in [1.29, 1.82) is 0 Å². The lowest BCUT2D eigenvalue weighted by atomic mass is 10.1. The van der Waals surface area contributed by atoms with Gasteiger partial charge >= 0.3 is 11.9 Å². The first-order chi connectivity index (χ1) is 9.70. The molecule has 2 aromatic rings. The van der Waals surface area contributed by atoms with Gasteiger partial charge < -0.3 is 4.74 Å². The van der Waals surface area contributed by atoms with E-state index in [2.05, 4.69) is 20.7 Å². The van der Waals surface area contributed by atoms with E-state index in [4.69, 9.17) is 0 Å². The Morgan fingerprint density at radius 2 is 1.86 bits per heavy atom. The number of alkyl halides is 4. The molecule has 0 radical (unpaired) electrons. The number of hydrogen-bond acceptors (Lipinski definition) is 2. The Morgan fingerprint density at radius 3 is 2.48 bits per heavy atom. The smallest absolute Gasteiger partial charge is 0.371 e. The third-order valence-electron chi connectivity index (χ3n) is 3.19. The number of hydrogen-bond donors (Lipinski definition) is 0. The van der Waals surface area contributed by atoms with Crippen LogP contribution in [0.4, 0.5) is 13.2 Å².